The maximum Gasteiger partial charge on any atom is 0.321 e. The van der Waals surface area contributed by atoms with Crippen molar-refractivity contribution in [3.63, 3.8) is 0 Å². The van der Waals surface area contributed by atoms with Gasteiger partial charge in [0.1, 0.15) is 0 Å². The van der Waals surface area contributed by atoms with E-state index in [2.05, 4.69) is 24.1 Å². The Hall–Kier alpha value is -2.08. The third kappa shape index (κ3) is 6.82. The van der Waals surface area contributed by atoms with E-state index < -0.39 is 0 Å². The van der Waals surface area contributed by atoms with E-state index in [1.807, 2.05) is 42.2 Å². The van der Waals surface area contributed by atoms with Gasteiger partial charge in [-0.05, 0) is 63.4 Å². The molecule has 2 atom stereocenters. The number of nitrogens with zero attached hydrogens (tertiary/aromatic N) is 2. The second-order valence-corrected chi connectivity index (χ2v) is 7.38. The van der Waals surface area contributed by atoms with Gasteiger partial charge in [0.15, 0.2) is 0 Å². The number of carbonyl (C=O) groups excluding carboxylic acids is 2. The molecule has 0 spiro atoms. The van der Waals surface area contributed by atoms with Crippen molar-refractivity contribution in [2.24, 2.45) is 11.8 Å². The molecule has 156 valence electrons. The topological polar surface area (TPSA) is 61.9 Å². The highest BCUT2D eigenvalue weighted by Crippen LogP contribution is 2.30. The summed E-state index contributed by atoms with van der Waals surface area (Å²) in [4.78, 5) is 29.0. The van der Waals surface area contributed by atoms with Crippen molar-refractivity contribution < 1.29 is 14.3 Å². The summed E-state index contributed by atoms with van der Waals surface area (Å²) in [5.74, 6) is 0.457. The number of esters is 1. The average molecular weight is 390 g/mol. The van der Waals surface area contributed by atoms with E-state index in [1.54, 1.807) is 0 Å². The largest absolute Gasteiger partial charge is 0.466 e. The lowest BCUT2D eigenvalue weighted by molar-refractivity contribution is -0.145. The zero-order chi connectivity index (χ0) is 20.4. The van der Waals surface area contributed by atoms with Crippen molar-refractivity contribution in [2.75, 3.05) is 44.6 Å². The molecule has 1 fully saturated rings. The van der Waals surface area contributed by atoms with Crippen molar-refractivity contribution in [1.29, 1.82) is 0 Å². The van der Waals surface area contributed by atoms with E-state index in [0.717, 1.165) is 38.2 Å². The smallest absolute Gasteiger partial charge is 0.321 e. The van der Waals surface area contributed by atoms with E-state index >= 15 is 0 Å². The molecule has 1 aromatic rings. The van der Waals surface area contributed by atoms with Crippen LogP contribution < -0.4 is 5.32 Å². The van der Waals surface area contributed by atoms with Gasteiger partial charge in [-0.15, -0.1) is 0 Å². The fraction of sp³-hybridized carbons (Fsp3) is 0.636. The van der Waals surface area contributed by atoms with Gasteiger partial charge in [0, 0.05) is 25.2 Å². The number of hydrogen-bond acceptors (Lipinski definition) is 4. The third-order valence-electron chi connectivity index (χ3n) is 5.65. The number of nitrogens with one attached hydrogen (secondary N) is 1. The number of hydrogen-bond donors (Lipinski definition) is 1. The number of urea groups is 1. The van der Waals surface area contributed by atoms with Crippen LogP contribution in [0, 0.1) is 11.8 Å². The van der Waals surface area contributed by atoms with Crippen molar-refractivity contribution in [2.45, 2.75) is 40.0 Å². The van der Waals surface area contributed by atoms with Crippen LogP contribution in [0.15, 0.2) is 30.3 Å². The maximum absolute atomic E-state index is 12.7. The van der Waals surface area contributed by atoms with E-state index in [1.165, 1.54) is 0 Å². The summed E-state index contributed by atoms with van der Waals surface area (Å²) in [6.07, 6.45) is 2.27. The van der Waals surface area contributed by atoms with E-state index in [9.17, 15) is 9.59 Å². The molecule has 1 aliphatic rings. The molecule has 1 aromatic carbocycles. The van der Waals surface area contributed by atoms with Gasteiger partial charge in [0.05, 0.1) is 6.61 Å². The monoisotopic (exact) mass is 389 g/mol. The summed E-state index contributed by atoms with van der Waals surface area (Å²) < 4.78 is 5.17. The predicted octanol–water partition coefficient (Wildman–Crippen LogP) is 3.84. The summed E-state index contributed by atoms with van der Waals surface area (Å²) in [6.45, 7) is 11.0. The van der Waals surface area contributed by atoms with Crippen LogP contribution in [0.3, 0.4) is 0 Å². The van der Waals surface area contributed by atoms with Gasteiger partial charge < -0.3 is 19.9 Å². The number of ether oxygens (including phenoxy) is 1. The lowest BCUT2D eigenvalue weighted by atomic mass is 9.81. The quantitative estimate of drug-likeness (QED) is 0.652. The van der Waals surface area contributed by atoms with Gasteiger partial charge in [-0.1, -0.05) is 32.0 Å². The first-order chi connectivity index (χ1) is 13.6. The van der Waals surface area contributed by atoms with Gasteiger partial charge >= 0.3 is 12.0 Å². The molecule has 1 saturated heterocycles. The summed E-state index contributed by atoms with van der Waals surface area (Å²) in [7, 11) is 0. The molecule has 1 heterocycles. The molecule has 0 unspecified atom stereocenters. The first-order valence-electron chi connectivity index (χ1n) is 10.6. The van der Waals surface area contributed by atoms with E-state index in [4.69, 9.17) is 4.74 Å². The SMILES string of the molecule is CCOC(=O)C[C@@H]1CCN(C(=O)Nc2ccccc2)C[C@H]1CCN(CC)CC. The molecule has 6 heteroatoms. The Morgan fingerprint density at radius 1 is 1.14 bits per heavy atom. The number of anilines is 1. The number of carbonyl (C=O) groups is 2. The number of piperidine rings is 1. The Labute approximate surface area is 169 Å². The Kier molecular flexibility index (Phi) is 9.28. The second-order valence-electron chi connectivity index (χ2n) is 7.38. The minimum Gasteiger partial charge on any atom is -0.466 e. The predicted molar refractivity (Wildman–Crippen MR) is 112 cm³/mol. The molecule has 2 amide bonds. The van der Waals surface area contributed by atoms with Crippen LogP contribution in [0.1, 0.15) is 40.0 Å². The molecule has 6 nitrogen and oxygen atoms in total. The molecular formula is C22H35N3O3. The van der Waals surface area contributed by atoms with Gasteiger partial charge in [-0.25, -0.2) is 4.79 Å². The lowest BCUT2D eigenvalue weighted by Gasteiger charge is -2.39. The van der Waals surface area contributed by atoms with Crippen LogP contribution in [0.5, 0.6) is 0 Å². The summed E-state index contributed by atoms with van der Waals surface area (Å²) in [5, 5.41) is 2.98. The zero-order valence-corrected chi connectivity index (χ0v) is 17.5. The number of amides is 2. The highest BCUT2D eigenvalue weighted by atomic mass is 16.5. The third-order valence-corrected chi connectivity index (χ3v) is 5.65. The molecule has 0 radical (unpaired) electrons. The molecular weight excluding hydrogens is 354 g/mol. The van der Waals surface area contributed by atoms with Crippen molar-refractivity contribution in [1.82, 2.24) is 9.80 Å². The molecule has 0 saturated carbocycles. The highest BCUT2D eigenvalue weighted by Gasteiger charge is 2.33. The van der Waals surface area contributed by atoms with Gasteiger partial charge in [0.2, 0.25) is 0 Å². The molecule has 0 aliphatic carbocycles. The zero-order valence-electron chi connectivity index (χ0n) is 17.5. The van der Waals surface area contributed by atoms with Crippen molar-refractivity contribution in [3.05, 3.63) is 30.3 Å². The van der Waals surface area contributed by atoms with E-state index in [0.29, 0.717) is 32.0 Å². The van der Waals surface area contributed by atoms with Crippen molar-refractivity contribution >= 4 is 17.7 Å². The van der Waals surface area contributed by atoms with E-state index in [-0.39, 0.29) is 17.9 Å². The standard InChI is InChI=1S/C22H35N3O3/c1-4-24(5-2)14-12-19-17-25(15-13-18(19)16-21(26)28-6-3)22(27)23-20-10-8-7-9-11-20/h7-11,18-19H,4-6,12-17H2,1-3H3,(H,23,27)/t18-,19+/m0/s1. The maximum atomic E-state index is 12.7. The summed E-state index contributed by atoms with van der Waals surface area (Å²) in [5.41, 5.74) is 0.806. The Morgan fingerprint density at radius 2 is 1.86 bits per heavy atom. The van der Waals surface area contributed by atoms with Crippen LogP contribution in [-0.4, -0.2) is 61.1 Å². The lowest BCUT2D eigenvalue weighted by Crippen LogP contribution is -2.47. The summed E-state index contributed by atoms with van der Waals surface area (Å²) >= 11 is 0. The first kappa shape index (κ1) is 22.2. The van der Waals surface area contributed by atoms with Gasteiger partial charge in [0.25, 0.3) is 0 Å². The molecule has 1 N–H and O–H groups in total. The Bertz CT molecular complexity index is 604. The number of rotatable bonds is 9. The number of benzene rings is 1. The van der Waals surface area contributed by atoms with Gasteiger partial charge in [-0.2, -0.15) is 0 Å². The van der Waals surface area contributed by atoms with Crippen LogP contribution in [0.4, 0.5) is 10.5 Å². The molecule has 1 aliphatic heterocycles. The van der Waals surface area contributed by atoms with Crippen molar-refractivity contribution in [3.8, 4) is 0 Å². The van der Waals surface area contributed by atoms with Crippen LogP contribution in [-0.2, 0) is 9.53 Å². The Morgan fingerprint density at radius 3 is 2.50 bits per heavy atom. The van der Waals surface area contributed by atoms with Crippen LogP contribution in [0.2, 0.25) is 0 Å². The first-order valence-corrected chi connectivity index (χ1v) is 10.6. The highest BCUT2D eigenvalue weighted by molar-refractivity contribution is 5.89. The Balaban J connectivity index is 1.99. The van der Waals surface area contributed by atoms with Crippen LogP contribution >= 0.6 is 0 Å². The normalized spacial score (nSPS) is 19.5. The van der Waals surface area contributed by atoms with Crippen LogP contribution in [0.25, 0.3) is 0 Å². The molecule has 28 heavy (non-hydrogen) atoms. The second kappa shape index (κ2) is 11.7. The molecule has 0 aromatic heterocycles. The summed E-state index contributed by atoms with van der Waals surface area (Å²) in [6, 6.07) is 9.47. The average Bonchev–Trinajstić information content (AvgIpc) is 2.70. The minimum absolute atomic E-state index is 0.0615. The number of para-hydroxylation sites is 1. The fourth-order valence-corrected chi connectivity index (χ4v) is 3.91. The molecule has 0 bridgehead atoms. The van der Waals surface area contributed by atoms with Gasteiger partial charge in [-0.3, -0.25) is 4.79 Å². The number of likely N-dealkylation sites (tertiary alicyclic amines) is 1. The molecule has 2 rings (SSSR count). The fourth-order valence-electron chi connectivity index (χ4n) is 3.91. The minimum atomic E-state index is -0.123.